The molecule has 0 heterocycles. The summed E-state index contributed by atoms with van der Waals surface area (Å²) in [6.07, 6.45) is 0.0529. The van der Waals surface area contributed by atoms with Crippen molar-refractivity contribution in [2.75, 3.05) is 7.11 Å². The fourth-order valence-electron chi connectivity index (χ4n) is 2.22. The Kier molecular flexibility index (Phi) is 4.73. The molecule has 2 atom stereocenters. The predicted molar refractivity (Wildman–Crippen MR) is 70.8 cm³/mol. The number of rotatable bonds is 5. The van der Waals surface area contributed by atoms with Gasteiger partial charge in [-0.25, -0.2) is 0 Å². The molecule has 0 fully saturated rings. The summed E-state index contributed by atoms with van der Waals surface area (Å²) in [6.45, 7) is 5.80. The smallest absolute Gasteiger partial charge is 0.303 e. The Morgan fingerprint density at radius 2 is 2.06 bits per heavy atom. The number of carboxylic acid groups (broad SMARTS) is 1. The molecule has 0 saturated heterocycles. The largest absolute Gasteiger partial charge is 0.496 e. The van der Waals surface area contributed by atoms with Crippen molar-refractivity contribution < 1.29 is 14.6 Å². The van der Waals surface area contributed by atoms with Gasteiger partial charge in [0.25, 0.3) is 0 Å². The van der Waals surface area contributed by atoms with Crippen molar-refractivity contribution >= 4 is 5.97 Å². The molecular formula is C14H21NO3. The summed E-state index contributed by atoms with van der Waals surface area (Å²) in [5, 5.41) is 8.83. The van der Waals surface area contributed by atoms with Crippen LogP contribution in [0.4, 0.5) is 0 Å². The van der Waals surface area contributed by atoms with Gasteiger partial charge in [-0.15, -0.1) is 0 Å². The maximum atomic E-state index is 10.7. The van der Waals surface area contributed by atoms with E-state index in [-0.39, 0.29) is 18.4 Å². The van der Waals surface area contributed by atoms with Crippen LogP contribution in [0, 0.1) is 19.8 Å². The van der Waals surface area contributed by atoms with Crippen molar-refractivity contribution in [2.24, 2.45) is 11.7 Å². The van der Waals surface area contributed by atoms with E-state index in [1.807, 2.05) is 32.9 Å². The maximum absolute atomic E-state index is 10.7. The number of aryl methyl sites for hydroxylation is 2. The monoisotopic (exact) mass is 251 g/mol. The van der Waals surface area contributed by atoms with Gasteiger partial charge < -0.3 is 15.6 Å². The first-order valence-electron chi connectivity index (χ1n) is 5.99. The van der Waals surface area contributed by atoms with Crippen LogP contribution in [-0.4, -0.2) is 18.2 Å². The van der Waals surface area contributed by atoms with Gasteiger partial charge in [0.05, 0.1) is 7.11 Å². The van der Waals surface area contributed by atoms with Crippen molar-refractivity contribution in [3.8, 4) is 5.75 Å². The van der Waals surface area contributed by atoms with Crippen molar-refractivity contribution in [2.45, 2.75) is 33.2 Å². The van der Waals surface area contributed by atoms with Gasteiger partial charge in [-0.3, -0.25) is 4.79 Å². The Morgan fingerprint density at radius 3 is 2.56 bits per heavy atom. The van der Waals surface area contributed by atoms with Crippen LogP contribution in [0.15, 0.2) is 12.1 Å². The molecule has 0 saturated carbocycles. The lowest BCUT2D eigenvalue weighted by atomic mass is 9.90. The van der Waals surface area contributed by atoms with E-state index in [1.54, 1.807) is 7.11 Å². The quantitative estimate of drug-likeness (QED) is 0.843. The molecule has 1 rings (SSSR count). The molecule has 3 N–H and O–H groups in total. The number of carbonyl (C=O) groups is 1. The molecule has 0 aromatic heterocycles. The summed E-state index contributed by atoms with van der Waals surface area (Å²) in [6, 6.07) is 3.65. The maximum Gasteiger partial charge on any atom is 0.303 e. The molecule has 4 heteroatoms. The highest BCUT2D eigenvalue weighted by atomic mass is 16.5. The SMILES string of the molecule is COc1c(C)cc(C)cc1C(N)C(C)CC(=O)O. The van der Waals surface area contributed by atoms with Crippen LogP contribution in [-0.2, 0) is 4.79 Å². The van der Waals surface area contributed by atoms with Gasteiger partial charge in [-0.1, -0.05) is 24.6 Å². The molecule has 2 unspecified atom stereocenters. The summed E-state index contributed by atoms with van der Waals surface area (Å²) in [7, 11) is 1.61. The van der Waals surface area contributed by atoms with Crippen molar-refractivity contribution in [1.29, 1.82) is 0 Å². The minimum absolute atomic E-state index is 0.0529. The average Bonchev–Trinajstić information content (AvgIpc) is 2.26. The first-order chi connectivity index (χ1) is 8.36. The Labute approximate surface area is 108 Å². The summed E-state index contributed by atoms with van der Waals surface area (Å²) >= 11 is 0. The molecule has 0 amide bonds. The van der Waals surface area contributed by atoms with Crippen LogP contribution in [0.2, 0.25) is 0 Å². The fourth-order valence-corrected chi connectivity index (χ4v) is 2.22. The summed E-state index contributed by atoms with van der Waals surface area (Å²) in [4.78, 5) is 10.7. The fraction of sp³-hybridized carbons (Fsp3) is 0.500. The third-order valence-corrected chi connectivity index (χ3v) is 3.12. The molecule has 4 nitrogen and oxygen atoms in total. The number of hydrogen-bond acceptors (Lipinski definition) is 3. The minimum atomic E-state index is -0.832. The topological polar surface area (TPSA) is 72.5 Å². The number of aliphatic carboxylic acids is 1. The van der Waals surface area contributed by atoms with E-state index in [1.165, 1.54) is 0 Å². The molecule has 0 aliphatic heterocycles. The Balaban J connectivity index is 3.11. The predicted octanol–water partition coefficient (Wildman–Crippen LogP) is 2.42. The number of carboxylic acids is 1. The van der Waals surface area contributed by atoms with E-state index in [9.17, 15) is 4.79 Å². The van der Waals surface area contributed by atoms with E-state index in [0.29, 0.717) is 0 Å². The zero-order chi connectivity index (χ0) is 13.9. The Bertz CT molecular complexity index is 443. The van der Waals surface area contributed by atoms with Gasteiger partial charge in [0, 0.05) is 18.0 Å². The summed E-state index contributed by atoms with van der Waals surface area (Å²) in [5.74, 6) is -0.218. The third kappa shape index (κ3) is 3.23. The lowest BCUT2D eigenvalue weighted by molar-refractivity contribution is -0.138. The van der Waals surface area contributed by atoms with E-state index < -0.39 is 5.97 Å². The van der Waals surface area contributed by atoms with Gasteiger partial charge >= 0.3 is 5.97 Å². The number of hydrogen-bond donors (Lipinski definition) is 2. The number of methoxy groups -OCH3 is 1. The summed E-state index contributed by atoms with van der Waals surface area (Å²) in [5.41, 5.74) is 9.15. The second-order valence-corrected chi connectivity index (χ2v) is 4.81. The second kappa shape index (κ2) is 5.87. The molecule has 18 heavy (non-hydrogen) atoms. The first kappa shape index (κ1) is 14.5. The highest BCUT2D eigenvalue weighted by molar-refractivity contribution is 5.67. The average molecular weight is 251 g/mol. The van der Waals surface area contributed by atoms with E-state index in [0.717, 1.165) is 22.4 Å². The molecule has 100 valence electrons. The number of ether oxygens (including phenoxy) is 1. The number of benzene rings is 1. The number of nitrogens with two attached hydrogens (primary N) is 1. The lowest BCUT2D eigenvalue weighted by Crippen LogP contribution is -2.22. The summed E-state index contributed by atoms with van der Waals surface area (Å²) < 4.78 is 5.38. The highest BCUT2D eigenvalue weighted by Crippen LogP contribution is 2.33. The van der Waals surface area contributed by atoms with Gasteiger partial charge in [-0.2, -0.15) is 0 Å². The van der Waals surface area contributed by atoms with Crippen molar-refractivity contribution in [3.63, 3.8) is 0 Å². The van der Waals surface area contributed by atoms with Crippen LogP contribution in [0.25, 0.3) is 0 Å². The molecule has 1 aromatic carbocycles. The zero-order valence-corrected chi connectivity index (χ0v) is 11.4. The molecule has 0 radical (unpaired) electrons. The van der Waals surface area contributed by atoms with Gasteiger partial charge in [0.15, 0.2) is 0 Å². The minimum Gasteiger partial charge on any atom is -0.496 e. The Hall–Kier alpha value is -1.55. The first-order valence-corrected chi connectivity index (χ1v) is 5.99. The van der Waals surface area contributed by atoms with Crippen LogP contribution < -0.4 is 10.5 Å². The van der Waals surface area contributed by atoms with E-state index >= 15 is 0 Å². The standard InChI is InChI=1S/C14H21NO3/c1-8-5-10(3)14(18-4)11(6-8)13(15)9(2)7-12(16)17/h5-6,9,13H,7,15H2,1-4H3,(H,16,17). The molecule has 1 aromatic rings. The third-order valence-electron chi connectivity index (χ3n) is 3.12. The molecule has 0 spiro atoms. The second-order valence-electron chi connectivity index (χ2n) is 4.81. The van der Waals surface area contributed by atoms with Gasteiger partial charge in [0.2, 0.25) is 0 Å². The van der Waals surface area contributed by atoms with Crippen LogP contribution in [0.3, 0.4) is 0 Å². The zero-order valence-electron chi connectivity index (χ0n) is 11.4. The molecule has 0 bridgehead atoms. The molecule has 0 aliphatic carbocycles. The van der Waals surface area contributed by atoms with E-state index in [4.69, 9.17) is 15.6 Å². The lowest BCUT2D eigenvalue weighted by Gasteiger charge is -2.22. The normalized spacial score (nSPS) is 14.1. The highest BCUT2D eigenvalue weighted by Gasteiger charge is 2.22. The van der Waals surface area contributed by atoms with E-state index in [2.05, 4.69) is 0 Å². The van der Waals surface area contributed by atoms with Crippen molar-refractivity contribution in [1.82, 2.24) is 0 Å². The molecule has 0 aliphatic rings. The van der Waals surface area contributed by atoms with Gasteiger partial charge in [-0.05, 0) is 25.3 Å². The van der Waals surface area contributed by atoms with Gasteiger partial charge in [0.1, 0.15) is 5.75 Å². The van der Waals surface area contributed by atoms with Crippen LogP contribution in [0.1, 0.15) is 36.1 Å². The Morgan fingerprint density at radius 1 is 1.44 bits per heavy atom. The van der Waals surface area contributed by atoms with Crippen LogP contribution >= 0.6 is 0 Å². The van der Waals surface area contributed by atoms with Crippen LogP contribution in [0.5, 0.6) is 5.75 Å². The molecular weight excluding hydrogens is 230 g/mol. The van der Waals surface area contributed by atoms with Crippen molar-refractivity contribution in [3.05, 3.63) is 28.8 Å².